The highest BCUT2D eigenvalue weighted by atomic mass is 32.2. The lowest BCUT2D eigenvalue weighted by molar-refractivity contribution is -0.168. The van der Waals surface area contributed by atoms with Gasteiger partial charge in [-0.2, -0.15) is 8.42 Å². The number of ether oxygens (including phenoxy) is 2. The van der Waals surface area contributed by atoms with Crippen molar-refractivity contribution in [2.45, 2.75) is 30.7 Å². The maximum absolute atomic E-state index is 13.8. The smallest absolute Gasteiger partial charge is 0.264 e. The molecule has 0 N–H and O–H groups in total. The number of fused-ring (bicyclic) bond motifs is 2. The van der Waals surface area contributed by atoms with Crippen LogP contribution in [0.1, 0.15) is 0 Å². The lowest BCUT2D eigenvalue weighted by Crippen LogP contribution is -2.52. The van der Waals surface area contributed by atoms with Gasteiger partial charge in [0.1, 0.15) is 24.4 Å². The van der Waals surface area contributed by atoms with Crippen LogP contribution in [-0.4, -0.2) is 52.0 Å². The second-order valence-electron chi connectivity index (χ2n) is 3.78. The minimum atomic E-state index is -3.83. The van der Waals surface area contributed by atoms with Gasteiger partial charge in [0.15, 0.2) is 6.29 Å². The summed E-state index contributed by atoms with van der Waals surface area (Å²) < 4.78 is 50.7. The summed E-state index contributed by atoms with van der Waals surface area (Å²) in [5.41, 5.74) is 8.35. The third-order valence-corrected chi connectivity index (χ3v) is 3.06. The zero-order valence-electron chi connectivity index (χ0n) is 8.76. The van der Waals surface area contributed by atoms with E-state index in [-0.39, 0.29) is 6.61 Å². The van der Waals surface area contributed by atoms with Crippen molar-refractivity contribution in [3.05, 3.63) is 10.4 Å². The normalized spacial score (nSPS) is 40.9. The van der Waals surface area contributed by atoms with Crippen molar-refractivity contribution in [1.82, 2.24) is 0 Å². The average Bonchev–Trinajstić information content (AvgIpc) is 2.65. The van der Waals surface area contributed by atoms with Gasteiger partial charge in [-0.25, -0.2) is 4.39 Å². The van der Waals surface area contributed by atoms with E-state index in [2.05, 4.69) is 14.2 Å². The molecule has 10 heteroatoms. The summed E-state index contributed by atoms with van der Waals surface area (Å²) in [7, 11) is -3.83. The number of azide groups is 1. The van der Waals surface area contributed by atoms with Crippen molar-refractivity contribution >= 4 is 10.1 Å². The number of hydrogen-bond donors (Lipinski definition) is 0. The van der Waals surface area contributed by atoms with Gasteiger partial charge >= 0.3 is 0 Å². The first-order valence-electron chi connectivity index (χ1n) is 4.76. The van der Waals surface area contributed by atoms with Gasteiger partial charge in [-0.3, -0.25) is 4.18 Å². The Labute approximate surface area is 96.4 Å². The molecule has 96 valence electrons. The van der Waals surface area contributed by atoms with Gasteiger partial charge in [-0.05, 0) is 5.53 Å². The van der Waals surface area contributed by atoms with Gasteiger partial charge in [0.2, 0.25) is 0 Å². The summed E-state index contributed by atoms with van der Waals surface area (Å²) in [4.78, 5) is 2.49. The van der Waals surface area contributed by atoms with Crippen LogP contribution in [0.4, 0.5) is 4.39 Å². The van der Waals surface area contributed by atoms with Gasteiger partial charge in [0, 0.05) is 4.91 Å². The molecule has 2 bridgehead atoms. The van der Waals surface area contributed by atoms with E-state index in [0.717, 1.165) is 6.26 Å². The monoisotopic (exact) mass is 267 g/mol. The predicted octanol–water partition coefficient (Wildman–Crippen LogP) is 0.103. The molecule has 2 saturated heterocycles. The number of hydrogen-bond acceptors (Lipinski definition) is 6. The van der Waals surface area contributed by atoms with Crippen LogP contribution in [0.2, 0.25) is 0 Å². The molecule has 2 heterocycles. The van der Waals surface area contributed by atoms with Crippen molar-refractivity contribution in [2.75, 3.05) is 12.9 Å². The largest absolute Gasteiger partial charge is 0.347 e. The molecule has 0 unspecified atom stereocenters. The Morgan fingerprint density at radius 1 is 1.59 bits per heavy atom. The van der Waals surface area contributed by atoms with E-state index in [1.165, 1.54) is 0 Å². The van der Waals surface area contributed by atoms with Gasteiger partial charge in [0.25, 0.3) is 10.1 Å². The van der Waals surface area contributed by atoms with E-state index in [1.54, 1.807) is 0 Å². The fourth-order valence-corrected chi connectivity index (χ4v) is 2.44. The Kier molecular flexibility index (Phi) is 3.23. The molecule has 0 radical (unpaired) electrons. The zero-order valence-corrected chi connectivity index (χ0v) is 9.58. The Hall–Kier alpha value is -0.930. The Morgan fingerprint density at radius 3 is 2.88 bits per heavy atom. The maximum atomic E-state index is 13.8. The fraction of sp³-hybridized carbons (Fsp3) is 1.00. The minimum Gasteiger partial charge on any atom is -0.347 e. The van der Waals surface area contributed by atoms with E-state index < -0.39 is 40.8 Å². The van der Waals surface area contributed by atoms with Gasteiger partial charge in [0.05, 0.1) is 12.9 Å². The third-order valence-electron chi connectivity index (χ3n) is 2.49. The first kappa shape index (κ1) is 12.5. The van der Waals surface area contributed by atoms with Gasteiger partial charge < -0.3 is 9.47 Å². The number of nitrogens with zero attached hydrogens (tertiary/aromatic N) is 3. The summed E-state index contributed by atoms with van der Waals surface area (Å²) in [6.45, 7) is -0.0209. The van der Waals surface area contributed by atoms with Crippen LogP contribution in [0.3, 0.4) is 0 Å². The van der Waals surface area contributed by atoms with E-state index in [9.17, 15) is 12.8 Å². The SMILES string of the molecule is CS(=O)(=O)O[C@H]1[C@@H]2OC[C@@H](O2)[C@@H](F)[C@@H]1N=[N+]=[N-]. The Balaban J connectivity index is 2.27. The van der Waals surface area contributed by atoms with Gasteiger partial charge in [-0.15, -0.1) is 0 Å². The first-order valence-corrected chi connectivity index (χ1v) is 6.57. The Bertz CT molecular complexity index is 450. The molecule has 0 amide bonds. The van der Waals surface area contributed by atoms with Crippen molar-refractivity contribution in [2.24, 2.45) is 5.11 Å². The average molecular weight is 267 g/mol. The van der Waals surface area contributed by atoms with Crippen molar-refractivity contribution in [1.29, 1.82) is 0 Å². The quantitative estimate of drug-likeness (QED) is 0.312. The van der Waals surface area contributed by atoms with Crippen molar-refractivity contribution in [3.8, 4) is 0 Å². The molecular formula is C7H10FN3O5S. The van der Waals surface area contributed by atoms with Crippen LogP contribution >= 0.6 is 0 Å². The zero-order chi connectivity index (χ0) is 12.6. The van der Waals surface area contributed by atoms with Crippen LogP contribution in [0.25, 0.3) is 10.4 Å². The second kappa shape index (κ2) is 4.39. The maximum Gasteiger partial charge on any atom is 0.264 e. The van der Waals surface area contributed by atoms with Gasteiger partial charge in [-0.1, -0.05) is 5.11 Å². The first-order chi connectivity index (χ1) is 7.92. The molecule has 0 aromatic heterocycles. The molecule has 0 aliphatic carbocycles. The van der Waals surface area contributed by atoms with Crippen LogP contribution in [-0.2, 0) is 23.8 Å². The minimum absolute atomic E-state index is 0.0209. The third kappa shape index (κ3) is 2.50. The molecule has 0 aromatic carbocycles. The Morgan fingerprint density at radius 2 is 2.29 bits per heavy atom. The lowest BCUT2D eigenvalue weighted by Gasteiger charge is -2.33. The summed E-state index contributed by atoms with van der Waals surface area (Å²) in [5, 5.41) is 3.23. The molecule has 2 fully saturated rings. The summed E-state index contributed by atoms with van der Waals surface area (Å²) in [6, 6.07) is -1.28. The molecule has 2 rings (SSSR count). The van der Waals surface area contributed by atoms with Crippen LogP contribution in [0.5, 0.6) is 0 Å². The fourth-order valence-electron chi connectivity index (χ4n) is 1.84. The van der Waals surface area contributed by atoms with Crippen LogP contribution < -0.4 is 0 Å². The van der Waals surface area contributed by atoms with E-state index in [4.69, 9.17) is 15.0 Å². The predicted molar refractivity (Wildman–Crippen MR) is 52.2 cm³/mol. The summed E-state index contributed by atoms with van der Waals surface area (Å²) in [5.74, 6) is 0. The molecule has 17 heavy (non-hydrogen) atoms. The lowest BCUT2D eigenvalue weighted by atomic mass is 10.0. The molecule has 8 nitrogen and oxygen atoms in total. The number of halogens is 1. The molecule has 0 spiro atoms. The molecule has 2 aliphatic heterocycles. The van der Waals surface area contributed by atoms with E-state index in [0.29, 0.717) is 0 Å². The van der Waals surface area contributed by atoms with E-state index in [1.807, 2.05) is 0 Å². The van der Waals surface area contributed by atoms with Crippen molar-refractivity contribution in [3.63, 3.8) is 0 Å². The number of alkyl halides is 1. The molecule has 0 saturated carbocycles. The highest BCUT2D eigenvalue weighted by Crippen LogP contribution is 2.34. The molecular weight excluding hydrogens is 257 g/mol. The van der Waals surface area contributed by atoms with Crippen molar-refractivity contribution < 1.29 is 26.5 Å². The van der Waals surface area contributed by atoms with Crippen LogP contribution in [0, 0.1) is 0 Å². The highest BCUT2D eigenvalue weighted by molar-refractivity contribution is 7.86. The standard InChI is InChI=1S/C7H10FN3O5S/c1-17(12,13)16-6-5(10-11-9)4(8)3-2-14-7(6)15-3/h3-7H,2H2,1H3/t3-,4-,5+,6-,7-/m1/s1. The molecule has 2 aliphatic rings. The number of rotatable bonds is 3. The topological polar surface area (TPSA) is 111 Å². The summed E-state index contributed by atoms with van der Waals surface area (Å²) in [6.07, 6.45) is -4.02. The molecule has 0 aromatic rings. The second-order valence-corrected chi connectivity index (χ2v) is 5.38. The summed E-state index contributed by atoms with van der Waals surface area (Å²) >= 11 is 0. The highest BCUT2D eigenvalue weighted by Gasteiger charge is 2.52. The van der Waals surface area contributed by atoms with Crippen LogP contribution in [0.15, 0.2) is 5.11 Å². The molecule has 5 atom stereocenters. The van der Waals surface area contributed by atoms with E-state index >= 15 is 0 Å².